The summed E-state index contributed by atoms with van der Waals surface area (Å²) in [5, 5.41) is 9.77. The van der Waals surface area contributed by atoms with Gasteiger partial charge in [0.15, 0.2) is 0 Å². The Morgan fingerprint density at radius 3 is 2.69 bits per heavy atom. The van der Waals surface area contributed by atoms with E-state index in [0.717, 1.165) is 0 Å². The standard InChI is InChI=1S/C12H17NO3/c1-3-12(2,15)8-16-10-7-5-4-6-9(10)11(13)14/h4-7,15H,3,8H2,1-2H3,(H2,13,14). The lowest BCUT2D eigenvalue weighted by atomic mass is 10.1. The van der Waals surface area contributed by atoms with Gasteiger partial charge in [0.25, 0.3) is 5.91 Å². The van der Waals surface area contributed by atoms with Gasteiger partial charge in [0, 0.05) is 0 Å². The Morgan fingerprint density at radius 2 is 2.12 bits per heavy atom. The molecule has 16 heavy (non-hydrogen) atoms. The fourth-order valence-corrected chi connectivity index (χ4v) is 1.13. The SMILES string of the molecule is CCC(C)(O)COc1ccccc1C(N)=O. The quantitative estimate of drug-likeness (QED) is 0.790. The molecule has 0 spiro atoms. The number of carbonyl (C=O) groups excluding carboxylic acids is 1. The molecule has 0 aliphatic heterocycles. The first-order chi connectivity index (χ1) is 7.46. The minimum Gasteiger partial charge on any atom is -0.490 e. The predicted molar refractivity (Wildman–Crippen MR) is 61.4 cm³/mol. The van der Waals surface area contributed by atoms with Gasteiger partial charge in [0.1, 0.15) is 12.4 Å². The zero-order chi connectivity index (χ0) is 12.2. The van der Waals surface area contributed by atoms with Crippen LogP contribution in [-0.4, -0.2) is 23.2 Å². The maximum Gasteiger partial charge on any atom is 0.252 e. The van der Waals surface area contributed by atoms with Crippen LogP contribution in [0.5, 0.6) is 5.75 Å². The highest BCUT2D eigenvalue weighted by molar-refractivity contribution is 5.95. The van der Waals surface area contributed by atoms with Gasteiger partial charge < -0.3 is 15.6 Å². The molecule has 0 bridgehead atoms. The smallest absolute Gasteiger partial charge is 0.252 e. The summed E-state index contributed by atoms with van der Waals surface area (Å²) in [4.78, 5) is 11.1. The number of primary amides is 1. The second-order valence-corrected chi connectivity index (χ2v) is 4.00. The number of rotatable bonds is 5. The first-order valence-electron chi connectivity index (χ1n) is 5.20. The van der Waals surface area contributed by atoms with Crippen LogP contribution in [0, 0.1) is 0 Å². The molecule has 0 aliphatic carbocycles. The number of hydrogen-bond donors (Lipinski definition) is 2. The number of amides is 1. The van der Waals surface area contributed by atoms with Gasteiger partial charge in [-0.3, -0.25) is 4.79 Å². The Morgan fingerprint density at radius 1 is 1.50 bits per heavy atom. The highest BCUT2D eigenvalue weighted by atomic mass is 16.5. The molecule has 1 rings (SSSR count). The highest BCUT2D eigenvalue weighted by Gasteiger charge is 2.19. The third kappa shape index (κ3) is 3.24. The Balaban J connectivity index is 2.78. The van der Waals surface area contributed by atoms with Gasteiger partial charge >= 0.3 is 0 Å². The van der Waals surface area contributed by atoms with Gasteiger partial charge in [-0.05, 0) is 25.5 Å². The van der Waals surface area contributed by atoms with Gasteiger partial charge in [-0.15, -0.1) is 0 Å². The molecule has 0 saturated heterocycles. The summed E-state index contributed by atoms with van der Waals surface area (Å²) in [6, 6.07) is 6.72. The summed E-state index contributed by atoms with van der Waals surface area (Å²) in [6.07, 6.45) is 0.575. The fourth-order valence-electron chi connectivity index (χ4n) is 1.13. The number of nitrogens with two attached hydrogens (primary N) is 1. The molecular weight excluding hydrogens is 206 g/mol. The second-order valence-electron chi connectivity index (χ2n) is 4.00. The van der Waals surface area contributed by atoms with E-state index in [1.54, 1.807) is 31.2 Å². The minimum atomic E-state index is -0.898. The molecular formula is C12H17NO3. The van der Waals surface area contributed by atoms with Crippen LogP contribution >= 0.6 is 0 Å². The summed E-state index contributed by atoms with van der Waals surface area (Å²) in [5.74, 6) is -0.129. The fraction of sp³-hybridized carbons (Fsp3) is 0.417. The largest absolute Gasteiger partial charge is 0.490 e. The number of aliphatic hydroxyl groups is 1. The van der Waals surface area contributed by atoms with Crippen LogP contribution in [0.3, 0.4) is 0 Å². The van der Waals surface area contributed by atoms with Crippen molar-refractivity contribution in [3.05, 3.63) is 29.8 Å². The van der Waals surface area contributed by atoms with E-state index in [2.05, 4.69) is 0 Å². The molecule has 0 aromatic heterocycles. The zero-order valence-corrected chi connectivity index (χ0v) is 9.56. The van der Waals surface area contributed by atoms with Crippen molar-refractivity contribution in [2.45, 2.75) is 25.9 Å². The number of para-hydroxylation sites is 1. The van der Waals surface area contributed by atoms with Crippen LogP contribution in [0.2, 0.25) is 0 Å². The molecule has 0 heterocycles. The monoisotopic (exact) mass is 223 g/mol. The van der Waals surface area contributed by atoms with Crippen molar-refractivity contribution < 1.29 is 14.6 Å². The van der Waals surface area contributed by atoms with Crippen molar-refractivity contribution in [3.8, 4) is 5.75 Å². The Kier molecular flexibility index (Phi) is 3.90. The van der Waals surface area contributed by atoms with E-state index in [4.69, 9.17) is 10.5 Å². The minimum absolute atomic E-state index is 0.133. The number of hydrogen-bond acceptors (Lipinski definition) is 3. The molecule has 0 fully saturated rings. The average Bonchev–Trinajstić information content (AvgIpc) is 2.27. The summed E-state index contributed by atoms with van der Waals surface area (Å²) >= 11 is 0. The molecule has 1 atom stereocenters. The number of carbonyl (C=O) groups is 1. The first kappa shape index (κ1) is 12.5. The van der Waals surface area contributed by atoms with E-state index in [-0.39, 0.29) is 6.61 Å². The second kappa shape index (κ2) is 4.99. The van der Waals surface area contributed by atoms with Crippen molar-refractivity contribution in [2.24, 2.45) is 5.73 Å². The van der Waals surface area contributed by atoms with Crippen molar-refractivity contribution in [1.82, 2.24) is 0 Å². The first-order valence-corrected chi connectivity index (χ1v) is 5.20. The molecule has 88 valence electrons. The van der Waals surface area contributed by atoms with Crippen molar-refractivity contribution in [3.63, 3.8) is 0 Å². The van der Waals surface area contributed by atoms with Crippen molar-refractivity contribution in [2.75, 3.05) is 6.61 Å². The van der Waals surface area contributed by atoms with Crippen LogP contribution in [0.15, 0.2) is 24.3 Å². The molecule has 1 unspecified atom stereocenters. The topological polar surface area (TPSA) is 72.6 Å². The van der Waals surface area contributed by atoms with Crippen LogP contribution in [0.1, 0.15) is 30.6 Å². The van der Waals surface area contributed by atoms with Crippen LogP contribution in [0.4, 0.5) is 0 Å². The molecule has 0 aliphatic rings. The zero-order valence-electron chi connectivity index (χ0n) is 9.56. The van der Waals surface area contributed by atoms with E-state index in [9.17, 15) is 9.90 Å². The summed E-state index contributed by atoms with van der Waals surface area (Å²) in [5.41, 5.74) is 4.64. The third-order valence-electron chi connectivity index (χ3n) is 2.45. The highest BCUT2D eigenvalue weighted by Crippen LogP contribution is 2.19. The molecule has 1 aromatic rings. The average molecular weight is 223 g/mol. The lowest BCUT2D eigenvalue weighted by molar-refractivity contribution is 0.00818. The van der Waals surface area contributed by atoms with Crippen molar-refractivity contribution in [1.29, 1.82) is 0 Å². The van der Waals surface area contributed by atoms with Crippen molar-refractivity contribution >= 4 is 5.91 Å². The van der Waals surface area contributed by atoms with E-state index in [1.807, 2.05) is 6.92 Å². The number of benzene rings is 1. The molecule has 4 nitrogen and oxygen atoms in total. The van der Waals surface area contributed by atoms with Crippen LogP contribution < -0.4 is 10.5 Å². The van der Waals surface area contributed by atoms with E-state index in [0.29, 0.717) is 17.7 Å². The molecule has 3 N–H and O–H groups in total. The normalized spacial score (nSPS) is 14.2. The molecule has 4 heteroatoms. The van der Waals surface area contributed by atoms with Gasteiger partial charge in [-0.25, -0.2) is 0 Å². The number of ether oxygens (including phenoxy) is 1. The van der Waals surface area contributed by atoms with Gasteiger partial charge in [-0.2, -0.15) is 0 Å². The summed E-state index contributed by atoms with van der Waals surface area (Å²) in [7, 11) is 0. The van der Waals surface area contributed by atoms with Crippen LogP contribution in [-0.2, 0) is 0 Å². The van der Waals surface area contributed by atoms with Crippen LogP contribution in [0.25, 0.3) is 0 Å². The maximum atomic E-state index is 11.1. The Bertz CT molecular complexity index is 374. The summed E-state index contributed by atoms with van der Waals surface area (Å²) in [6.45, 7) is 3.68. The molecule has 1 aromatic carbocycles. The van der Waals surface area contributed by atoms with E-state index >= 15 is 0 Å². The molecule has 0 radical (unpaired) electrons. The van der Waals surface area contributed by atoms with Gasteiger partial charge in [0.2, 0.25) is 0 Å². The lowest BCUT2D eigenvalue weighted by Crippen LogP contribution is -2.31. The van der Waals surface area contributed by atoms with Gasteiger partial charge in [-0.1, -0.05) is 19.1 Å². The van der Waals surface area contributed by atoms with E-state index < -0.39 is 11.5 Å². The predicted octanol–water partition coefficient (Wildman–Crippen LogP) is 1.33. The third-order valence-corrected chi connectivity index (χ3v) is 2.45. The summed E-state index contributed by atoms with van der Waals surface area (Å²) < 4.78 is 5.40. The Hall–Kier alpha value is -1.55. The van der Waals surface area contributed by atoms with E-state index in [1.165, 1.54) is 0 Å². The molecule has 0 saturated carbocycles. The molecule has 1 amide bonds. The lowest BCUT2D eigenvalue weighted by Gasteiger charge is -2.22. The van der Waals surface area contributed by atoms with Gasteiger partial charge in [0.05, 0.1) is 11.2 Å². The Labute approximate surface area is 95.0 Å². The maximum absolute atomic E-state index is 11.1.